The molecule has 0 unspecified atom stereocenters. The molecule has 2 heterocycles. The molecular formula is C14H17N3O4. The number of primary amides is 1. The summed E-state index contributed by atoms with van der Waals surface area (Å²) in [5, 5.41) is 0. The summed E-state index contributed by atoms with van der Waals surface area (Å²) in [6.45, 7) is 0.503. The fourth-order valence-electron chi connectivity index (χ4n) is 2.23. The predicted octanol–water partition coefficient (Wildman–Crippen LogP) is -0.0377. The molecule has 2 rings (SSSR count). The van der Waals surface area contributed by atoms with Gasteiger partial charge in [0.25, 0.3) is 5.91 Å². The Morgan fingerprint density at radius 2 is 2.05 bits per heavy atom. The lowest BCUT2D eigenvalue weighted by molar-refractivity contribution is -0.137. The molecule has 7 nitrogen and oxygen atoms in total. The Morgan fingerprint density at radius 3 is 2.71 bits per heavy atom. The highest BCUT2D eigenvalue weighted by Gasteiger charge is 2.27. The largest absolute Gasteiger partial charge is 0.452 e. The summed E-state index contributed by atoms with van der Waals surface area (Å²) in [5.41, 5.74) is 5.60. The molecule has 0 bridgehead atoms. The highest BCUT2D eigenvalue weighted by atomic mass is 16.5. The van der Waals surface area contributed by atoms with Gasteiger partial charge in [-0.3, -0.25) is 14.6 Å². The van der Waals surface area contributed by atoms with Gasteiger partial charge in [0.2, 0.25) is 5.91 Å². The second-order valence-electron chi connectivity index (χ2n) is 4.89. The van der Waals surface area contributed by atoms with E-state index in [9.17, 15) is 14.4 Å². The van der Waals surface area contributed by atoms with Gasteiger partial charge >= 0.3 is 5.97 Å². The summed E-state index contributed by atoms with van der Waals surface area (Å²) in [7, 11) is 0. The van der Waals surface area contributed by atoms with Crippen molar-refractivity contribution in [3.8, 4) is 0 Å². The lowest BCUT2D eigenvalue weighted by Crippen LogP contribution is -2.45. The van der Waals surface area contributed by atoms with Crippen LogP contribution in [-0.2, 0) is 14.3 Å². The summed E-state index contributed by atoms with van der Waals surface area (Å²) in [5.74, 6) is -1.61. The Hall–Kier alpha value is -2.44. The number of piperidine rings is 1. The van der Waals surface area contributed by atoms with Crippen molar-refractivity contribution in [2.45, 2.75) is 12.8 Å². The number of pyridine rings is 1. The second kappa shape index (κ2) is 6.83. The third-order valence-electron chi connectivity index (χ3n) is 3.42. The van der Waals surface area contributed by atoms with Crippen molar-refractivity contribution in [2.75, 3.05) is 19.7 Å². The Morgan fingerprint density at radius 1 is 1.33 bits per heavy atom. The van der Waals surface area contributed by atoms with Gasteiger partial charge in [-0.1, -0.05) is 0 Å². The van der Waals surface area contributed by atoms with Crippen molar-refractivity contribution in [1.29, 1.82) is 0 Å². The minimum absolute atomic E-state index is 0.293. The maximum atomic E-state index is 12.0. The van der Waals surface area contributed by atoms with Gasteiger partial charge in [0.15, 0.2) is 6.61 Å². The minimum Gasteiger partial charge on any atom is -0.452 e. The molecule has 0 aromatic carbocycles. The van der Waals surface area contributed by atoms with Crippen LogP contribution in [0.3, 0.4) is 0 Å². The molecule has 0 saturated carbocycles. The van der Waals surface area contributed by atoms with Gasteiger partial charge in [0.05, 0.1) is 11.5 Å². The molecule has 1 aromatic heterocycles. The van der Waals surface area contributed by atoms with Crippen LogP contribution in [0.4, 0.5) is 0 Å². The number of hydrogen-bond donors (Lipinski definition) is 1. The number of carbonyl (C=O) groups excluding carboxylic acids is 3. The first-order valence-corrected chi connectivity index (χ1v) is 6.72. The average Bonchev–Trinajstić information content (AvgIpc) is 2.53. The number of rotatable bonds is 4. The van der Waals surface area contributed by atoms with E-state index in [1.807, 2.05) is 0 Å². The number of hydrogen-bond acceptors (Lipinski definition) is 5. The van der Waals surface area contributed by atoms with Crippen molar-refractivity contribution < 1.29 is 19.1 Å². The normalized spacial score (nSPS) is 18.1. The Balaban J connectivity index is 1.84. The molecular weight excluding hydrogens is 274 g/mol. The first kappa shape index (κ1) is 15.0. The standard InChI is InChI=1S/C14H17N3O4/c15-13(19)11-2-1-7-17(8-11)12(18)9-21-14(20)10-3-5-16-6-4-10/h3-6,11H,1-2,7-9H2,(H2,15,19)/t11-/m1/s1. The fraction of sp³-hybridized carbons (Fsp3) is 0.429. The summed E-state index contributed by atoms with van der Waals surface area (Å²) < 4.78 is 4.96. The van der Waals surface area contributed by atoms with Gasteiger partial charge in [0.1, 0.15) is 0 Å². The molecule has 1 atom stereocenters. The zero-order chi connectivity index (χ0) is 15.2. The third kappa shape index (κ3) is 4.01. The third-order valence-corrected chi connectivity index (χ3v) is 3.42. The van der Waals surface area contributed by atoms with Crippen LogP contribution in [0.15, 0.2) is 24.5 Å². The van der Waals surface area contributed by atoms with E-state index in [0.29, 0.717) is 25.1 Å². The number of nitrogens with zero attached hydrogens (tertiary/aromatic N) is 2. The lowest BCUT2D eigenvalue weighted by Gasteiger charge is -2.31. The molecule has 112 valence electrons. The van der Waals surface area contributed by atoms with Crippen LogP contribution in [0.2, 0.25) is 0 Å². The lowest BCUT2D eigenvalue weighted by atomic mass is 9.97. The van der Waals surface area contributed by atoms with Crippen LogP contribution in [0.5, 0.6) is 0 Å². The van der Waals surface area contributed by atoms with Crippen molar-refractivity contribution in [3.05, 3.63) is 30.1 Å². The number of ether oxygens (including phenoxy) is 1. The van der Waals surface area contributed by atoms with Gasteiger partial charge in [0, 0.05) is 25.5 Å². The number of esters is 1. The summed E-state index contributed by atoms with van der Waals surface area (Å²) in [4.78, 5) is 40.2. The van der Waals surface area contributed by atoms with E-state index >= 15 is 0 Å². The quantitative estimate of drug-likeness (QED) is 0.784. The number of amides is 2. The highest BCUT2D eigenvalue weighted by molar-refractivity contribution is 5.91. The maximum Gasteiger partial charge on any atom is 0.338 e. The first-order chi connectivity index (χ1) is 10.1. The molecule has 7 heteroatoms. The van der Waals surface area contributed by atoms with Crippen LogP contribution < -0.4 is 5.73 Å². The average molecular weight is 291 g/mol. The van der Waals surface area contributed by atoms with Gasteiger partial charge < -0.3 is 15.4 Å². The van der Waals surface area contributed by atoms with Gasteiger partial charge in [-0.05, 0) is 25.0 Å². The van der Waals surface area contributed by atoms with Crippen LogP contribution in [0.1, 0.15) is 23.2 Å². The molecule has 1 fully saturated rings. The van der Waals surface area contributed by atoms with Crippen LogP contribution in [0.25, 0.3) is 0 Å². The number of carbonyl (C=O) groups is 3. The van der Waals surface area contributed by atoms with Crippen molar-refractivity contribution >= 4 is 17.8 Å². The molecule has 1 saturated heterocycles. The number of nitrogens with two attached hydrogens (primary N) is 1. The van der Waals surface area contributed by atoms with Gasteiger partial charge in [-0.15, -0.1) is 0 Å². The number of aromatic nitrogens is 1. The summed E-state index contributed by atoms with van der Waals surface area (Å²) >= 11 is 0. The molecule has 0 radical (unpaired) electrons. The Kier molecular flexibility index (Phi) is 4.86. The van der Waals surface area contributed by atoms with E-state index in [0.717, 1.165) is 6.42 Å². The number of likely N-dealkylation sites (tertiary alicyclic amines) is 1. The van der Waals surface area contributed by atoms with E-state index < -0.39 is 11.9 Å². The highest BCUT2D eigenvalue weighted by Crippen LogP contribution is 2.16. The second-order valence-corrected chi connectivity index (χ2v) is 4.89. The van der Waals surface area contributed by atoms with Crippen molar-refractivity contribution in [3.63, 3.8) is 0 Å². The summed E-state index contributed by atoms with van der Waals surface area (Å²) in [6, 6.07) is 3.02. The smallest absolute Gasteiger partial charge is 0.338 e. The molecule has 1 aliphatic heterocycles. The molecule has 1 aliphatic rings. The van der Waals surface area contributed by atoms with E-state index in [1.54, 1.807) is 0 Å². The van der Waals surface area contributed by atoms with E-state index in [1.165, 1.54) is 29.4 Å². The predicted molar refractivity (Wildman–Crippen MR) is 73.0 cm³/mol. The zero-order valence-electron chi connectivity index (χ0n) is 11.5. The van der Waals surface area contributed by atoms with Crippen LogP contribution >= 0.6 is 0 Å². The van der Waals surface area contributed by atoms with E-state index in [2.05, 4.69) is 4.98 Å². The molecule has 2 amide bonds. The Labute approximate surface area is 122 Å². The fourth-order valence-corrected chi connectivity index (χ4v) is 2.23. The van der Waals surface area contributed by atoms with Gasteiger partial charge in [-0.2, -0.15) is 0 Å². The van der Waals surface area contributed by atoms with Gasteiger partial charge in [-0.25, -0.2) is 4.79 Å². The first-order valence-electron chi connectivity index (χ1n) is 6.72. The maximum absolute atomic E-state index is 12.0. The summed E-state index contributed by atoms with van der Waals surface area (Å²) in [6.07, 6.45) is 4.36. The molecule has 2 N–H and O–H groups in total. The zero-order valence-corrected chi connectivity index (χ0v) is 11.5. The molecule has 0 aliphatic carbocycles. The van der Waals surface area contributed by atoms with Crippen molar-refractivity contribution in [2.24, 2.45) is 11.7 Å². The van der Waals surface area contributed by atoms with Crippen LogP contribution in [0, 0.1) is 5.92 Å². The minimum atomic E-state index is -0.575. The monoisotopic (exact) mass is 291 g/mol. The molecule has 21 heavy (non-hydrogen) atoms. The van der Waals surface area contributed by atoms with E-state index in [-0.39, 0.29) is 18.4 Å². The molecule has 0 spiro atoms. The SMILES string of the molecule is NC(=O)[C@@H]1CCCN(C(=O)COC(=O)c2ccncc2)C1. The van der Waals surface area contributed by atoms with Crippen molar-refractivity contribution in [1.82, 2.24) is 9.88 Å². The molecule has 1 aromatic rings. The van der Waals surface area contributed by atoms with Crippen LogP contribution in [-0.4, -0.2) is 47.4 Å². The topological polar surface area (TPSA) is 103 Å². The Bertz CT molecular complexity index is 532. The van der Waals surface area contributed by atoms with E-state index in [4.69, 9.17) is 10.5 Å².